The molecule has 5 nitrogen and oxygen atoms in total. The average Bonchev–Trinajstić information content (AvgIpc) is 2.57. The van der Waals surface area contributed by atoms with E-state index in [0.29, 0.717) is 19.4 Å². The number of rotatable bonds is 9. The van der Waals surface area contributed by atoms with E-state index in [-0.39, 0.29) is 23.9 Å². The summed E-state index contributed by atoms with van der Waals surface area (Å²) < 4.78 is 10.5. The van der Waals surface area contributed by atoms with Gasteiger partial charge in [-0.05, 0) is 43.0 Å². The van der Waals surface area contributed by atoms with Gasteiger partial charge >= 0.3 is 0 Å². The molecule has 3 N–H and O–H groups in total. The molecular formula is C17H29ClN2O3. The van der Waals surface area contributed by atoms with Gasteiger partial charge in [0.15, 0.2) is 0 Å². The maximum Gasteiger partial charge on any atom is 0.220 e. The molecule has 0 aliphatic carbocycles. The summed E-state index contributed by atoms with van der Waals surface area (Å²) in [6.07, 6.45) is 2.68. The van der Waals surface area contributed by atoms with Crippen LogP contribution in [0.4, 0.5) is 0 Å². The lowest BCUT2D eigenvalue weighted by molar-refractivity contribution is -0.121. The number of ether oxygens (including phenoxy) is 2. The van der Waals surface area contributed by atoms with Gasteiger partial charge in [0.05, 0.1) is 14.2 Å². The van der Waals surface area contributed by atoms with Gasteiger partial charge in [0, 0.05) is 18.5 Å². The highest BCUT2D eigenvalue weighted by atomic mass is 35.5. The summed E-state index contributed by atoms with van der Waals surface area (Å²) in [5.74, 6) is 1.53. The zero-order chi connectivity index (χ0) is 16.6. The second-order valence-corrected chi connectivity index (χ2v) is 5.52. The maximum absolute atomic E-state index is 12.0. The Hall–Kier alpha value is -1.46. The van der Waals surface area contributed by atoms with Gasteiger partial charge in [-0.15, -0.1) is 12.4 Å². The Balaban J connectivity index is 0.00000484. The molecule has 0 atom stereocenters. The Kier molecular flexibility index (Phi) is 9.68. The molecule has 0 aliphatic rings. The van der Waals surface area contributed by atoms with Gasteiger partial charge < -0.3 is 20.5 Å². The number of amides is 1. The van der Waals surface area contributed by atoms with E-state index in [0.717, 1.165) is 29.9 Å². The molecule has 0 saturated carbocycles. The van der Waals surface area contributed by atoms with Crippen LogP contribution in [-0.4, -0.2) is 32.2 Å². The van der Waals surface area contributed by atoms with Crippen LogP contribution in [0, 0.1) is 0 Å². The van der Waals surface area contributed by atoms with E-state index in [4.69, 9.17) is 15.2 Å². The number of halogens is 1. The normalized spacial score (nSPS) is 10.7. The topological polar surface area (TPSA) is 73.6 Å². The zero-order valence-electron chi connectivity index (χ0n) is 14.5. The van der Waals surface area contributed by atoms with Crippen molar-refractivity contribution in [3.8, 4) is 11.5 Å². The van der Waals surface area contributed by atoms with Gasteiger partial charge in [-0.1, -0.05) is 13.8 Å². The first-order valence-electron chi connectivity index (χ1n) is 7.74. The monoisotopic (exact) mass is 344 g/mol. The van der Waals surface area contributed by atoms with Gasteiger partial charge in [-0.25, -0.2) is 0 Å². The molecule has 1 aromatic carbocycles. The summed E-state index contributed by atoms with van der Waals surface area (Å²) in [7, 11) is 3.24. The van der Waals surface area contributed by atoms with E-state index >= 15 is 0 Å². The smallest absolute Gasteiger partial charge is 0.220 e. The highest BCUT2D eigenvalue weighted by molar-refractivity contribution is 5.85. The maximum atomic E-state index is 12.0. The molecule has 132 valence electrons. The standard InChI is InChI=1S/C17H28N2O3.ClH/c1-5-17(18,6-2)12-19-16(20)10-7-13-11-14(21-3)8-9-15(13)22-4;/h8-9,11H,5-7,10,12,18H2,1-4H3,(H,19,20);1H. The lowest BCUT2D eigenvalue weighted by Gasteiger charge is -2.26. The van der Waals surface area contributed by atoms with Gasteiger partial charge in [-0.3, -0.25) is 4.79 Å². The van der Waals surface area contributed by atoms with Crippen molar-refractivity contribution in [1.29, 1.82) is 0 Å². The molecule has 0 aliphatic heterocycles. The SMILES string of the molecule is CCC(N)(CC)CNC(=O)CCc1cc(OC)ccc1OC.Cl. The van der Waals surface area contributed by atoms with E-state index in [2.05, 4.69) is 5.32 Å². The molecule has 0 saturated heterocycles. The van der Waals surface area contributed by atoms with Gasteiger partial charge in [0.25, 0.3) is 0 Å². The Morgan fingerprint density at radius 1 is 1.22 bits per heavy atom. The number of nitrogens with two attached hydrogens (primary N) is 1. The third-order valence-corrected chi connectivity index (χ3v) is 4.15. The Morgan fingerprint density at radius 3 is 2.39 bits per heavy atom. The molecule has 1 amide bonds. The minimum absolute atomic E-state index is 0. The van der Waals surface area contributed by atoms with Crippen molar-refractivity contribution < 1.29 is 14.3 Å². The van der Waals surface area contributed by atoms with Gasteiger partial charge in [0.2, 0.25) is 5.91 Å². The van der Waals surface area contributed by atoms with Crippen LogP contribution in [0.2, 0.25) is 0 Å². The van der Waals surface area contributed by atoms with Crippen LogP contribution in [0.1, 0.15) is 38.7 Å². The molecule has 6 heteroatoms. The quantitative estimate of drug-likeness (QED) is 0.722. The van der Waals surface area contributed by atoms with Crippen LogP contribution in [0.25, 0.3) is 0 Å². The molecular weight excluding hydrogens is 316 g/mol. The van der Waals surface area contributed by atoms with Crippen molar-refractivity contribution in [3.63, 3.8) is 0 Å². The molecule has 23 heavy (non-hydrogen) atoms. The van der Waals surface area contributed by atoms with Crippen LogP contribution in [-0.2, 0) is 11.2 Å². The molecule has 0 spiro atoms. The summed E-state index contributed by atoms with van der Waals surface area (Å²) in [6, 6.07) is 5.59. The van der Waals surface area contributed by atoms with Crippen molar-refractivity contribution in [2.75, 3.05) is 20.8 Å². The number of hydrogen-bond donors (Lipinski definition) is 2. The van der Waals surface area contributed by atoms with Crippen molar-refractivity contribution in [2.45, 2.75) is 45.1 Å². The van der Waals surface area contributed by atoms with E-state index in [9.17, 15) is 4.79 Å². The van der Waals surface area contributed by atoms with E-state index in [1.54, 1.807) is 14.2 Å². The van der Waals surface area contributed by atoms with Gasteiger partial charge in [-0.2, -0.15) is 0 Å². The first kappa shape index (κ1) is 21.5. The fourth-order valence-corrected chi connectivity index (χ4v) is 2.19. The summed E-state index contributed by atoms with van der Waals surface area (Å²) >= 11 is 0. The van der Waals surface area contributed by atoms with Crippen LogP contribution in [0.3, 0.4) is 0 Å². The molecule has 0 fully saturated rings. The number of nitrogens with one attached hydrogen (secondary N) is 1. The fraction of sp³-hybridized carbons (Fsp3) is 0.588. The van der Waals surface area contributed by atoms with E-state index in [1.165, 1.54) is 0 Å². The Morgan fingerprint density at radius 2 is 1.87 bits per heavy atom. The van der Waals surface area contributed by atoms with Crippen molar-refractivity contribution in [3.05, 3.63) is 23.8 Å². The third-order valence-electron chi connectivity index (χ3n) is 4.15. The van der Waals surface area contributed by atoms with Gasteiger partial charge in [0.1, 0.15) is 11.5 Å². The second-order valence-electron chi connectivity index (χ2n) is 5.52. The summed E-state index contributed by atoms with van der Waals surface area (Å²) in [5.41, 5.74) is 6.83. The fourth-order valence-electron chi connectivity index (χ4n) is 2.19. The van der Waals surface area contributed by atoms with E-state index in [1.807, 2.05) is 32.0 Å². The van der Waals surface area contributed by atoms with Crippen molar-refractivity contribution in [1.82, 2.24) is 5.32 Å². The summed E-state index contributed by atoms with van der Waals surface area (Å²) in [6.45, 7) is 4.58. The van der Waals surface area contributed by atoms with Crippen LogP contribution < -0.4 is 20.5 Å². The van der Waals surface area contributed by atoms with E-state index < -0.39 is 0 Å². The van der Waals surface area contributed by atoms with Crippen LogP contribution in [0.5, 0.6) is 11.5 Å². The first-order valence-corrected chi connectivity index (χ1v) is 7.74. The summed E-state index contributed by atoms with van der Waals surface area (Å²) in [5, 5.41) is 2.93. The molecule has 1 rings (SSSR count). The Labute approximate surface area is 145 Å². The van der Waals surface area contributed by atoms with Crippen molar-refractivity contribution >= 4 is 18.3 Å². The predicted molar refractivity (Wildman–Crippen MR) is 95.6 cm³/mol. The largest absolute Gasteiger partial charge is 0.497 e. The van der Waals surface area contributed by atoms with Crippen molar-refractivity contribution in [2.24, 2.45) is 5.73 Å². The summed E-state index contributed by atoms with van der Waals surface area (Å²) in [4.78, 5) is 12.0. The minimum Gasteiger partial charge on any atom is -0.497 e. The predicted octanol–water partition coefficient (Wildman–Crippen LogP) is 2.69. The molecule has 0 heterocycles. The number of hydrogen-bond acceptors (Lipinski definition) is 4. The molecule has 0 bridgehead atoms. The molecule has 1 aromatic rings. The highest BCUT2D eigenvalue weighted by Crippen LogP contribution is 2.25. The molecule has 0 unspecified atom stereocenters. The minimum atomic E-state index is -0.316. The number of methoxy groups -OCH3 is 2. The second kappa shape index (κ2) is 10.3. The number of aryl methyl sites for hydroxylation is 1. The molecule has 0 radical (unpaired) electrons. The Bertz CT molecular complexity index is 491. The number of benzene rings is 1. The number of carbonyl (C=O) groups excluding carboxylic acids is 1. The van der Waals surface area contributed by atoms with Crippen LogP contribution >= 0.6 is 12.4 Å². The van der Waals surface area contributed by atoms with Crippen LogP contribution in [0.15, 0.2) is 18.2 Å². The number of carbonyl (C=O) groups is 1. The lowest BCUT2D eigenvalue weighted by Crippen LogP contribution is -2.49. The first-order chi connectivity index (χ1) is 10.5. The average molecular weight is 345 g/mol. The lowest BCUT2D eigenvalue weighted by atomic mass is 9.94. The third kappa shape index (κ3) is 6.67. The molecule has 0 aromatic heterocycles. The highest BCUT2D eigenvalue weighted by Gasteiger charge is 2.20. The zero-order valence-corrected chi connectivity index (χ0v) is 15.3.